The lowest BCUT2D eigenvalue weighted by Gasteiger charge is -2.14. The molecule has 1 aliphatic heterocycles. The molecule has 4 heteroatoms. The minimum atomic E-state index is -0.298. The molecule has 1 aromatic rings. The summed E-state index contributed by atoms with van der Waals surface area (Å²) >= 11 is 0. The number of carbonyl (C=O) groups excluding carboxylic acids is 2. The van der Waals surface area contributed by atoms with Crippen molar-refractivity contribution in [1.29, 1.82) is 0 Å². The van der Waals surface area contributed by atoms with Crippen LogP contribution in [0.1, 0.15) is 34.8 Å². The molecule has 0 saturated carbocycles. The lowest BCUT2D eigenvalue weighted by Crippen LogP contribution is -2.25. The normalized spacial score (nSPS) is 18.4. The SMILES string of the molecule is CCN1CC(COC(=O)c2cccc(C)c2C)CC1=O. The molecule has 20 heavy (non-hydrogen) atoms. The average Bonchev–Trinajstić information content (AvgIpc) is 2.79. The smallest absolute Gasteiger partial charge is 0.338 e. The van der Waals surface area contributed by atoms with E-state index >= 15 is 0 Å². The highest BCUT2D eigenvalue weighted by molar-refractivity contribution is 5.91. The number of aryl methyl sites for hydroxylation is 1. The monoisotopic (exact) mass is 275 g/mol. The van der Waals surface area contributed by atoms with Crippen LogP contribution in [0.3, 0.4) is 0 Å². The van der Waals surface area contributed by atoms with Crippen molar-refractivity contribution < 1.29 is 14.3 Å². The highest BCUT2D eigenvalue weighted by atomic mass is 16.5. The van der Waals surface area contributed by atoms with Gasteiger partial charge in [0.15, 0.2) is 0 Å². The summed E-state index contributed by atoms with van der Waals surface area (Å²) in [5.74, 6) is -0.0228. The second-order valence-electron chi connectivity index (χ2n) is 5.35. The molecule has 0 aliphatic carbocycles. The van der Waals surface area contributed by atoms with Crippen LogP contribution in [0.5, 0.6) is 0 Å². The van der Waals surface area contributed by atoms with Gasteiger partial charge in [-0.1, -0.05) is 12.1 Å². The summed E-state index contributed by atoms with van der Waals surface area (Å²) in [6.45, 7) is 7.58. The van der Waals surface area contributed by atoms with Gasteiger partial charge in [0.1, 0.15) is 0 Å². The van der Waals surface area contributed by atoms with Gasteiger partial charge in [-0.3, -0.25) is 4.79 Å². The first kappa shape index (κ1) is 14.6. The number of likely N-dealkylation sites (tertiary alicyclic amines) is 1. The Kier molecular flexibility index (Phi) is 4.42. The van der Waals surface area contributed by atoms with Crippen LogP contribution in [-0.2, 0) is 9.53 Å². The number of hydrogen-bond donors (Lipinski definition) is 0. The maximum absolute atomic E-state index is 12.1. The molecule has 0 bridgehead atoms. The molecule has 1 amide bonds. The van der Waals surface area contributed by atoms with Crippen LogP contribution in [0.4, 0.5) is 0 Å². The Labute approximate surface area is 119 Å². The Balaban J connectivity index is 1.93. The Morgan fingerprint density at radius 2 is 2.15 bits per heavy atom. The molecule has 108 valence electrons. The molecule has 1 fully saturated rings. The number of esters is 1. The van der Waals surface area contributed by atoms with Gasteiger partial charge in [-0.15, -0.1) is 0 Å². The maximum Gasteiger partial charge on any atom is 0.338 e. The zero-order valence-corrected chi connectivity index (χ0v) is 12.3. The second kappa shape index (κ2) is 6.07. The van der Waals surface area contributed by atoms with Gasteiger partial charge in [-0.05, 0) is 38.0 Å². The molecule has 1 aliphatic rings. The predicted molar refractivity (Wildman–Crippen MR) is 76.6 cm³/mol. The Bertz CT molecular complexity index is 524. The van der Waals surface area contributed by atoms with Crippen LogP contribution in [0.2, 0.25) is 0 Å². The van der Waals surface area contributed by atoms with Gasteiger partial charge in [0.2, 0.25) is 5.91 Å². The lowest BCUT2D eigenvalue weighted by molar-refractivity contribution is -0.127. The zero-order chi connectivity index (χ0) is 14.7. The van der Waals surface area contributed by atoms with E-state index in [0.717, 1.165) is 17.7 Å². The minimum absolute atomic E-state index is 0.122. The third-order valence-corrected chi connectivity index (χ3v) is 3.95. The van der Waals surface area contributed by atoms with Crippen molar-refractivity contribution in [2.45, 2.75) is 27.2 Å². The third-order valence-electron chi connectivity index (χ3n) is 3.95. The Morgan fingerprint density at radius 1 is 1.40 bits per heavy atom. The molecule has 1 heterocycles. The molecule has 1 saturated heterocycles. The van der Waals surface area contributed by atoms with E-state index in [0.29, 0.717) is 25.1 Å². The fourth-order valence-corrected chi connectivity index (χ4v) is 2.51. The van der Waals surface area contributed by atoms with Crippen LogP contribution in [0.25, 0.3) is 0 Å². The van der Waals surface area contributed by atoms with Crippen molar-refractivity contribution in [2.24, 2.45) is 5.92 Å². The van der Waals surface area contributed by atoms with Crippen LogP contribution in [0, 0.1) is 19.8 Å². The van der Waals surface area contributed by atoms with E-state index in [1.165, 1.54) is 0 Å². The van der Waals surface area contributed by atoms with Gasteiger partial charge in [0.25, 0.3) is 0 Å². The van der Waals surface area contributed by atoms with Crippen molar-refractivity contribution in [3.63, 3.8) is 0 Å². The fraction of sp³-hybridized carbons (Fsp3) is 0.500. The molecule has 2 rings (SSSR count). The largest absolute Gasteiger partial charge is 0.462 e. The molecule has 1 atom stereocenters. The molecule has 0 N–H and O–H groups in total. The molecule has 0 spiro atoms. The first-order valence-electron chi connectivity index (χ1n) is 7.04. The maximum atomic E-state index is 12.1. The van der Waals surface area contributed by atoms with E-state index in [4.69, 9.17) is 4.74 Å². The Hall–Kier alpha value is -1.84. The number of carbonyl (C=O) groups is 2. The molecule has 0 aromatic heterocycles. The molecule has 4 nitrogen and oxygen atoms in total. The molecular weight excluding hydrogens is 254 g/mol. The van der Waals surface area contributed by atoms with Crippen molar-refractivity contribution >= 4 is 11.9 Å². The quantitative estimate of drug-likeness (QED) is 0.792. The summed E-state index contributed by atoms with van der Waals surface area (Å²) in [6.07, 6.45) is 0.480. The van der Waals surface area contributed by atoms with E-state index in [1.54, 1.807) is 11.0 Å². The average molecular weight is 275 g/mol. The van der Waals surface area contributed by atoms with E-state index in [-0.39, 0.29) is 17.8 Å². The van der Waals surface area contributed by atoms with Crippen molar-refractivity contribution in [1.82, 2.24) is 4.90 Å². The molecular formula is C16H21NO3. The van der Waals surface area contributed by atoms with E-state index in [9.17, 15) is 9.59 Å². The van der Waals surface area contributed by atoms with Crippen LogP contribution in [-0.4, -0.2) is 36.5 Å². The van der Waals surface area contributed by atoms with E-state index in [2.05, 4.69) is 0 Å². The fourth-order valence-electron chi connectivity index (χ4n) is 2.51. The summed E-state index contributed by atoms with van der Waals surface area (Å²) in [6, 6.07) is 5.61. The van der Waals surface area contributed by atoms with Gasteiger partial charge in [-0.2, -0.15) is 0 Å². The summed E-state index contributed by atoms with van der Waals surface area (Å²) in [4.78, 5) is 25.5. The predicted octanol–water partition coefficient (Wildman–Crippen LogP) is 2.33. The van der Waals surface area contributed by atoms with Gasteiger partial charge in [0.05, 0.1) is 12.2 Å². The first-order chi connectivity index (χ1) is 9.52. The van der Waals surface area contributed by atoms with Gasteiger partial charge < -0.3 is 9.64 Å². The van der Waals surface area contributed by atoms with E-state index < -0.39 is 0 Å². The zero-order valence-electron chi connectivity index (χ0n) is 12.3. The summed E-state index contributed by atoms with van der Waals surface area (Å²) in [5, 5.41) is 0. The van der Waals surface area contributed by atoms with E-state index in [1.807, 2.05) is 32.9 Å². The summed E-state index contributed by atoms with van der Waals surface area (Å²) in [5.41, 5.74) is 2.64. The molecule has 1 aromatic carbocycles. The van der Waals surface area contributed by atoms with Crippen molar-refractivity contribution in [2.75, 3.05) is 19.7 Å². The van der Waals surface area contributed by atoms with Crippen LogP contribution >= 0.6 is 0 Å². The topological polar surface area (TPSA) is 46.6 Å². The molecule has 0 radical (unpaired) electrons. The second-order valence-corrected chi connectivity index (χ2v) is 5.35. The molecule has 1 unspecified atom stereocenters. The number of nitrogens with zero attached hydrogens (tertiary/aromatic N) is 1. The van der Waals surface area contributed by atoms with Crippen molar-refractivity contribution in [3.05, 3.63) is 34.9 Å². The minimum Gasteiger partial charge on any atom is -0.462 e. The van der Waals surface area contributed by atoms with Crippen LogP contribution in [0.15, 0.2) is 18.2 Å². The number of amides is 1. The number of hydrogen-bond acceptors (Lipinski definition) is 3. The standard InChI is InChI=1S/C16H21NO3/c1-4-17-9-13(8-15(17)18)10-20-16(19)14-7-5-6-11(2)12(14)3/h5-7,13H,4,8-10H2,1-3H3. The lowest BCUT2D eigenvalue weighted by atomic mass is 10.0. The third kappa shape index (κ3) is 3.00. The first-order valence-corrected chi connectivity index (χ1v) is 7.04. The Morgan fingerprint density at radius 3 is 2.80 bits per heavy atom. The number of benzene rings is 1. The highest BCUT2D eigenvalue weighted by Gasteiger charge is 2.29. The highest BCUT2D eigenvalue weighted by Crippen LogP contribution is 2.19. The summed E-state index contributed by atoms with van der Waals surface area (Å²) < 4.78 is 5.37. The number of ether oxygens (including phenoxy) is 1. The van der Waals surface area contributed by atoms with Crippen LogP contribution < -0.4 is 0 Å². The van der Waals surface area contributed by atoms with Gasteiger partial charge >= 0.3 is 5.97 Å². The van der Waals surface area contributed by atoms with Gasteiger partial charge in [-0.25, -0.2) is 4.79 Å². The number of rotatable bonds is 4. The summed E-state index contributed by atoms with van der Waals surface area (Å²) in [7, 11) is 0. The van der Waals surface area contributed by atoms with Gasteiger partial charge in [0, 0.05) is 25.4 Å². The van der Waals surface area contributed by atoms with Crippen molar-refractivity contribution in [3.8, 4) is 0 Å².